The largest absolute Gasteiger partial charge is 0.289 e. The van der Waals surface area contributed by atoms with E-state index in [1.807, 2.05) is 0 Å². The molecule has 8 nitrogen and oxygen atoms in total. The van der Waals surface area contributed by atoms with Crippen molar-refractivity contribution >= 4 is 32.0 Å². The molecule has 0 amide bonds. The number of sulfonamides is 2. The van der Waals surface area contributed by atoms with Crippen molar-refractivity contribution in [1.82, 2.24) is 4.72 Å². The Morgan fingerprint density at radius 1 is 0.889 bits per heavy atom. The number of allylic oxidation sites excluding steroid dienone is 1. The van der Waals surface area contributed by atoms with Gasteiger partial charge < -0.3 is 0 Å². The van der Waals surface area contributed by atoms with Crippen LogP contribution in [0.2, 0.25) is 0 Å². The van der Waals surface area contributed by atoms with Crippen molar-refractivity contribution in [1.29, 1.82) is 0 Å². The zero-order chi connectivity index (χ0) is 19.5. The van der Waals surface area contributed by atoms with Gasteiger partial charge in [0.1, 0.15) is 5.71 Å². The fraction of sp³-hybridized carbons (Fsp3) is 0.0588. The Labute approximate surface area is 156 Å². The fourth-order valence-electron chi connectivity index (χ4n) is 2.29. The molecule has 1 unspecified atom stereocenters. The maximum absolute atomic E-state index is 12.3. The van der Waals surface area contributed by atoms with Crippen LogP contribution in [-0.2, 0) is 20.0 Å². The quantitative estimate of drug-likeness (QED) is 0.571. The molecule has 0 aliphatic carbocycles. The van der Waals surface area contributed by atoms with Gasteiger partial charge in [-0.15, -0.1) is 4.72 Å². The summed E-state index contributed by atoms with van der Waals surface area (Å²) in [5.74, 6) is 0. The summed E-state index contributed by atoms with van der Waals surface area (Å²) in [6, 6.07) is 15.3. The zero-order valence-electron chi connectivity index (χ0n) is 13.9. The number of nitrogens with one attached hydrogen (secondary N) is 1. The van der Waals surface area contributed by atoms with Crippen LogP contribution in [0.3, 0.4) is 0 Å². The van der Waals surface area contributed by atoms with Crippen molar-refractivity contribution in [2.75, 3.05) is 0 Å². The number of nitrogens with zero attached hydrogens (tertiary/aromatic N) is 2. The molecule has 0 fully saturated rings. The van der Waals surface area contributed by atoms with Crippen LogP contribution in [0.4, 0.5) is 0 Å². The lowest BCUT2D eigenvalue weighted by molar-refractivity contribution is -0.790. The number of benzene rings is 2. The third-order valence-corrected chi connectivity index (χ3v) is 6.36. The molecule has 0 aromatic heterocycles. The lowest BCUT2D eigenvalue weighted by Gasteiger charge is -2.12. The molecule has 0 saturated heterocycles. The Morgan fingerprint density at radius 3 is 2.00 bits per heavy atom. The molecular weight excluding hydrogens is 390 g/mol. The van der Waals surface area contributed by atoms with E-state index < -0.39 is 26.2 Å². The molecule has 1 heterocycles. The van der Waals surface area contributed by atoms with Crippen LogP contribution >= 0.6 is 0 Å². The second kappa shape index (κ2) is 7.43. The van der Waals surface area contributed by atoms with E-state index >= 15 is 0 Å². The van der Waals surface area contributed by atoms with Gasteiger partial charge in [-0.3, -0.25) is 5.21 Å². The molecule has 0 saturated carbocycles. The van der Waals surface area contributed by atoms with Crippen molar-refractivity contribution in [3.05, 3.63) is 72.8 Å². The van der Waals surface area contributed by atoms with Crippen LogP contribution < -0.4 is 4.72 Å². The Balaban J connectivity index is 1.81. The fourth-order valence-corrected chi connectivity index (χ4v) is 4.44. The van der Waals surface area contributed by atoms with Gasteiger partial charge in [0.25, 0.3) is 16.2 Å². The van der Waals surface area contributed by atoms with Crippen LogP contribution in [0.25, 0.3) is 0 Å². The van der Waals surface area contributed by atoms with E-state index in [4.69, 9.17) is 0 Å². The van der Waals surface area contributed by atoms with Gasteiger partial charge in [0.15, 0.2) is 0 Å². The van der Waals surface area contributed by atoms with Crippen LogP contribution in [0.15, 0.2) is 87.0 Å². The van der Waals surface area contributed by atoms with Crippen molar-refractivity contribution in [3.63, 3.8) is 0 Å². The van der Waals surface area contributed by atoms with Crippen LogP contribution in [0.1, 0.15) is 0 Å². The highest BCUT2D eigenvalue weighted by molar-refractivity contribution is 7.90. The first-order valence-electron chi connectivity index (χ1n) is 7.76. The predicted octanol–water partition coefficient (Wildman–Crippen LogP) is 1.16. The smallest absolute Gasteiger partial charge is 0.287 e. The average molecular weight is 406 g/mol. The van der Waals surface area contributed by atoms with E-state index in [2.05, 4.69) is 9.12 Å². The van der Waals surface area contributed by atoms with E-state index in [0.717, 1.165) is 6.21 Å². The molecule has 0 bridgehead atoms. The first-order valence-corrected chi connectivity index (χ1v) is 10.7. The summed E-state index contributed by atoms with van der Waals surface area (Å²) in [7, 11) is -7.82. The highest BCUT2D eigenvalue weighted by Gasteiger charge is 2.29. The minimum Gasteiger partial charge on any atom is -0.289 e. The van der Waals surface area contributed by atoms with Crippen LogP contribution in [0.5, 0.6) is 0 Å². The average Bonchev–Trinajstić information content (AvgIpc) is 2.65. The monoisotopic (exact) mass is 406 g/mol. The standard InChI is InChI=1S/C17H16N3O5S2/c21-20-13-14(18-26(22,23)15-7-3-1-4-8-15)11-12-17(20)19-27(24,25)16-9-5-2-6-10-16/h1-13,17,19,21H/q+1/b18-14+. The van der Waals surface area contributed by atoms with Crippen LogP contribution in [0, 0.1) is 0 Å². The maximum atomic E-state index is 12.3. The summed E-state index contributed by atoms with van der Waals surface area (Å²) in [6.45, 7) is 0. The lowest BCUT2D eigenvalue weighted by atomic mass is 10.3. The van der Waals surface area contributed by atoms with Gasteiger partial charge in [-0.25, -0.2) is 8.42 Å². The second-order valence-electron chi connectivity index (χ2n) is 5.55. The Bertz CT molecular complexity index is 1120. The summed E-state index contributed by atoms with van der Waals surface area (Å²) in [5.41, 5.74) is -0.0449. The highest BCUT2D eigenvalue weighted by atomic mass is 32.2. The highest BCUT2D eigenvalue weighted by Crippen LogP contribution is 2.13. The van der Waals surface area contributed by atoms with Crippen molar-refractivity contribution < 1.29 is 26.8 Å². The molecule has 1 aliphatic rings. The minimum absolute atomic E-state index is 0.00990. The van der Waals surface area contributed by atoms with Crippen molar-refractivity contribution in [3.8, 4) is 0 Å². The second-order valence-corrected chi connectivity index (χ2v) is 8.87. The van der Waals surface area contributed by atoms with E-state index in [9.17, 15) is 22.0 Å². The van der Waals surface area contributed by atoms with Gasteiger partial charge in [-0.05, 0) is 35.1 Å². The van der Waals surface area contributed by atoms with Crippen LogP contribution in [-0.4, -0.2) is 44.9 Å². The molecule has 27 heavy (non-hydrogen) atoms. The van der Waals surface area contributed by atoms with Gasteiger partial charge in [0, 0.05) is 6.08 Å². The summed E-state index contributed by atoms with van der Waals surface area (Å²) in [5, 5.41) is 10.0. The Hall–Kier alpha value is -2.82. The van der Waals surface area contributed by atoms with E-state index in [1.165, 1.54) is 36.4 Å². The molecule has 0 spiro atoms. The molecule has 140 valence electrons. The molecular formula is C17H16N3O5S2+. The number of hydroxylamine groups is 1. The number of rotatable bonds is 5. The molecule has 2 aromatic carbocycles. The summed E-state index contributed by atoms with van der Waals surface area (Å²) in [6.07, 6.45) is 2.53. The van der Waals surface area contributed by atoms with E-state index in [1.54, 1.807) is 36.4 Å². The van der Waals surface area contributed by atoms with Gasteiger partial charge in [0.05, 0.1) is 9.79 Å². The normalized spacial score (nSPS) is 19.0. The third-order valence-electron chi connectivity index (χ3n) is 3.59. The third kappa shape index (κ3) is 4.48. The first-order chi connectivity index (χ1) is 12.8. The maximum Gasteiger partial charge on any atom is 0.287 e. The number of hydrogen-bond acceptors (Lipinski definition) is 5. The van der Waals surface area contributed by atoms with Gasteiger partial charge >= 0.3 is 0 Å². The molecule has 3 rings (SSSR count). The topological polar surface area (TPSA) is 116 Å². The summed E-state index contributed by atoms with van der Waals surface area (Å²) < 4.78 is 55.6. The zero-order valence-corrected chi connectivity index (χ0v) is 15.5. The summed E-state index contributed by atoms with van der Waals surface area (Å²) >= 11 is 0. The molecule has 2 aromatic rings. The minimum atomic E-state index is -3.95. The van der Waals surface area contributed by atoms with Crippen molar-refractivity contribution in [2.24, 2.45) is 4.40 Å². The SMILES string of the molecule is O=S(=O)(/N=C1\C=CC(NS(=O)(=O)c2ccccc2)[N+](O)=C1)c1ccccc1. The lowest BCUT2D eigenvalue weighted by Crippen LogP contribution is -2.43. The van der Waals surface area contributed by atoms with Crippen molar-refractivity contribution in [2.45, 2.75) is 16.0 Å². The van der Waals surface area contributed by atoms with E-state index in [-0.39, 0.29) is 15.5 Å². The molecule has 1 atom stereocenters. The molecule has 2 N–H and O–H groups in total. The number of hydrogen-bond donors (Lipinski definition) is 2. The van der Waals surface area contributed by atoms with Gasteiger partial charge in [-0.1, -0.05) is 36.4 Å². The molecule has 1 aliphatic heterocycles. The first kappa shape index (κ1) is 19.0. The van der Waals surface area contributed by atoms with Gasteiger partial charge in [0.2, 0.25) is 16.2 Å². The molecule has 0 radical (unpaired) electrons. The molecule has 10 heteroatoms. The Morgan fingerprint density at radius 2 is 1.44 bits per heavy atom. The summed E-state index contributed by atoms with van der Waals surface area (Å²) in [4.78, 5) is 0.0496. The Kier molecular flexibility index (Phi) is 5.22. The predicted molar refractivity (Wildman–Crippen MR) is 98.9 cm³/mol. The van der Waals surface area contributed by atoms with E-state index in [0.29, 0.717) is 4.74 Å². The van der Waals surface area contributed by atoms with Gasteiger partial charge in [-0.2, -0.15) is 12.8 Å².